The molecule has 3 heterocycles. The van der Waals surface area contributed by atoms with Crippen LogP contribution in [-0.2, 0) is 9.53 Å². The van der Waals surface area contributed by atoms with Gasteiger partial charge in [0.25, 0.3) is 0 Å². The quantitative estimate of drug-likeness (QED) is 0.236. The van der Waals surface area contributed by atoms with Gasteiger partial charge in [-0.05, 0) is 25.3 Å². The minimum absolute atomic E-state index is 0.126. The molecule has 1 amide bonds. The van der Waals surface area contributed by atoms with Crippen molar-refractivity contribution in [3.05, 3.63) is 41.4 Å². The van der Waals surface area contributed by atoms with E-state index in [0.717, 1.165) is 11.3 Å². The van der Waals surface area contributed by atoms with Crippen molar-refractivity contribution in [1.82, 2.24) is 24.6 Å². The summed E-state index contributed by atoms with van der Waals surface area (Å²) in [5.74, 6) is -0.0747. The Morgan fingerprint density at radius 3 is 2.69 bits per heavy atom. The lowest BCUT2D eigenvalue weighted by Gasteiger charge is -2.08. The number of nitrogens with one attached hydrogen (secondary N) is 2. The van der Waals surface area contributed by atoms with Crippen LogP contribution in [0.25, 0.3) is 16.2 Å². The SMILES string of the molecule is CCOC(=O)c1cnc(SC)nc1Nc1nc2scc(-c3ccc(NC(C)=O)cc3)n2n1. The fourth-order valence-electron chi connectivity index (χ4n) is 2.88. The third-order valence-corrected chi connectivity index (χ3v) is 5.64. The number of thioether (sulfide) groups is 1. The van der Waals surface area contributed by atoms with Crippen molar-refractivity contribution in [2.75, 3.05) is 23.5 Å². The van der Waals surface area contributed by atoms with Crippen molar-refractivity contribution in [3.8, 4) is 11.3 Å². The van der Waals surface area contributed by atoms with Gasteiger partial charge >= 0.3 is 5.97 Å². The van der Waals surface area contributed by atoms with Crippen LogP contribution in [0.5, 0.6) is 0 Å². The van der Waals surface area contributed by atoms with Gasteiger partial charge in [-0.3, -0.25) is 4.79 Å². The molecule has 0 bridgehead atoms. The van der Waals surface area contributed by atoms with E-state index in [1.165, 1.54) is 36.2 Å². The first-order valence-corrected chi connectivity index (χ1v) is 11.7. The predicted molar refractivity (Wildman–Crippen MR) is 124 cm³/mol. The van der Waals surface area contributed by atoms with Crippen LogP contribution in [0.4, 0.5) is 17.5 Å². The Balaban J connectivity index is 1.64. The number of aromatic nitrogens is 5. The average Bonchev–Trinajstić information content (AvgIpc) is 3.34. The van der Waals surface area contributed by atoms with Crippen LogP contribution >= 0.6 is 23.1 Å². The Morgan fingerprint density at radius 2 is 2.00 bits per heavy atom. The van der Waals surface area contributed by atoms with Gasteiger partial charge in [0, 0.05) is 29.8 Å². The number of hydrogen-bond donors (Lipinski definition) is 2. The van der Waals surface area contributed by atoms with Crippen molar-refractivity contribution < 1.29 is 14.3 Å². The maximum Gasteiger partial charge on any atom is 0.343 e. The molecular formula is C20H19N7O3S2. The molecule has 0 atom stereocenters. The molecule has 12 heteroatoms. The third-order valence-electron chi connectivity index (χ3n) is 4.26. The summed E-state index contributed by atoms with van der Waals surface area (Å²) in [4.78, 5) is 37.2. The Bertz CT molecular complexity index is 1280. The number of nitrogens with zero attached hydrogens (tertiary/aromatic N) is 5. The van der Waals surface area contributed by atoms with Crippen LogP contribution in [-0.4, -0.2) is 49.3 Å². The fraction of sp³-hybridized carbons (Fsp3) is 0.200. The first-order chi connectivity index (χ1) is 15.5. The first kappa shape index (κ1) is 21.7. The van der Waals surface area contributed by atoms with E-state index in [0.29, 0.717) is 21.8 Å². The van der Waals surface area contributed by atoms with Crippen molar-refractivity contribution in [1.29, 1.82) is 0 Å². The summed E-state index contributed by atoms with van der Waals surface area (Å²) in [6, 6.07) is 7.45. The molecule has 0 spiro atoms. The highest BCUT2D eigenvalue weighted by Gasteiger charge is 2.19. The summed E-state index contributed by atoms with van der Waals surface area (Å²) >= 11 is 2.79. The lowest BCUT2D eigenvalue weighted by molar-refractivity contribution is -0.114. The van der Waals surface area contributed by atoms with Gasteiger partial charge in [0.15, 0.2) is 11.0 Å². The predicted octanol–water partition coefficient (Wildman–Crippen LogP) is 3.85. The second kappa shape index (κ2) is 9.32. The Morgan fingerprint density at radius 1 is 1.22 bits per heavy atom. The topological polar surface area (TPSA) is 123 Å². The number of hydrogen-bond acceptors (Lipinski definition) is 10. The number of esters is 1. The van der Waals surface area contributed by atoms with Gasteiger partial charge in [0.1, 0.15) is 5.56 Å². The minimum Gasteiger partial charge on any atom is -0.462 e. The number of anilines is 3. The second-order valence-corrected chi connectivity index (χ2v) is 8.08. The second-order valence-electron chi connectivity index (χ2n) is 6.47. The highest BCUT2D eigenvalue weighted by atomic mass is 32.2. The largest absolute Gasteiger partial charge is 0.462 e. The molecule has 4 rings (SSSR count). The van der Waals surface area contributed by atoms with Gasteiger partial charge in [-0.25, -0.2) is 19.3 Å². The van der Waals surface area contributed by atoms with Gasteiger partial charge < -0.3 is 15.4 Å². The molecule has 32 heavy (non-hydrogen) atoms. The molecule has 10 nitrogen and oxygen atoms in total. The Hall–Kier alpha value is -3.51. The summed E-state index contributed by atoms with van der Waals surface area (Å²) < 4.78 is 6.81. The van der Waals surface area contributed by atoms with Crippen molar-refractivity contribution in [2.24, 2.45) is 0 Å². The van der Waals surface area contributed by atoms with Crippen LogP contribution in [0.15, 0.2) is 41.0 Å². The van der Waals surface area contributed by atoms with Crippen LogP contribution in [0, 0.1) is 0 Å². The Kier molecular flexibility index (Phi) is 6.32. The number of rotatable bonds is 7. The summed E-state index contributed by atoms with van der Waals surface area (Å²) in [6.45, 7) is 3.44. The lowest BCUT2D eigenvalue weighted by atomic mass is 10.1. The molecule has 0 aliphatic heterocycles. The van der Waals surface area contributed by atoms with E-state index < -0.39 is 5.97 Å². The van der Waals surface area contributed by atoms with Gasteiger partial charge in [-0.1, -0.05) is 23.9 Å². The van der Waals surface area contributed by atoms with E-state index in [4.69, 9.17) is 4.74 Å². The number of carbonyl (C=O) groups excluding carboxylic acids is 2. The van der Waals surface area contributed by atoms with Crippen LogP contribution < -0.4 is 10.6 Å². The number of amides is 1. The summed E-state index contributed by atoms with van der Waals surface area (Å²) in [6.07, 6.45) is 3.27. The number of fused-ring (bicyclic) bond motifs is 1. The zero-order valence-corrected chi connectivity index (χ0v) is 19.1. The fourth-order valence-corrected chi connectivity index (χ4v) is 4.06. The third kappa shape index (κ3) is 4.55. The molecule has 0 aliphatic rings. The molecular weight excluding hydrogens is 450 g/mol. The van der Waals surface area contributed by atoms with Crippen molar-refractivity contribution in [3.63, 3.8) is 0 Å². The van der Waals surface area contributed by atoms with Crippen LogP contribution in [0.2, 0.25) is 0 Å². The highest BCUT2D eigenvalue weighted by Crippen LogP contribution is 2.28. The van der Waals surface area contributed by atoms with Gasteiger partial charge in [0.2, 0.25) is 16.8 Å². The lowest BCUT2D eigenvalue weighted by Crippen LogP contribution is -2.11. The van der Waals surface area contributed by atoms with Crippen LogP contribution in [0.1, 0.15) is 24.2 Å². The molecule has 164 valence electrons. The van der Waals surface area contributed by atoms with E-state index in [1.54, 1.807) is 11.4 Å². The maximum absolute atomic E-state index is 12.3. The molecule has 0 unspecified atom stereocenters. The normalized spacial score (nSPS) is 10.8. The standard InChI is InChI=1S/C20H19N7O3S2/c1-4-30-17(29)14-9-21-19(31-3)24-16(14)23-18-25-20-27(26-18)15(10-32-20)12-5-7-13(8-6-12)22-11(2)28/h5-10H,4H2,1-3H3,(H,22,28)(H,21,23,24,26). The summed E-state index contributed by atoms with van der Waals surface area (Å²) in [5, 5.41) is 12.8. The summed E-state index contributed by atoms with van der Waals surface area (Å²) in [5.41, 5.74) is 2.68. The van der Waals surface area contributed by atoms with E-state index >= 15 is 0 Å². The molecule has 0 fully saturated rings. The number of ether oxygens (including phenoxy) is 1. The maximum atomic E-state index is 12.3. The smallest absolute Gasteiger partial charge is 0.343 e. The average molecular weight is 470 g/mol. The van der Waals surface area contributed by atoms with Gasteiger partial charge in [-0.2, -0.15) is 4.98 Å². The monoisotopic (exact) mass is 469 g/mol. The molecule has 0 saturated carbocycles. The number of thiazole rings is 1. The van der Waals surface area contributed by atoms with Gasteiger partial charge in [-0.15, -0.1) is 16.4 Å². The molecule has 0 saturated heterocycles. The van der Waals surface area contributed by atoms with E-state index in [1.807, 2.05) is 35.9 Å². The van der Waals surface area contributed by atoms with Crippen LogP contribution in [0.3, 0.4) is 0 Å². The Labute approximate surface area is 191 Å². The van der Waals surface area contributed by atoms with Crippen molar-refractivity contribution in [2.45, 2.75) is 19.0 Å². The minimum atomic E-state index is -0.524. The molecule has 0 radical (unpaired) electrons. The number of carbonyl (C=O) groups is 2. The van der Waals surface area contributed by atoms with E-state index in [-0.39, 0.29) is 23.9 Å². The van der Waals surface area contributed by atoms with E-state index in [9.17, 15) is 9.59 Å². The molecule has 1 aromatic carbocycles. The summed E-state index contributed by atoms with van der Waals surface area (Å²) in [7, 11) is 0. The van der Waals surface area contributed by atoms with Gasteiger partial charge in [0.05, 0.1) is 12.3 Å². The molecule has 4 aromatic rings. The number of benzene rings is 1. The van der Waals surface area contributed by atoms with E-state index in [2.05, 4.69) is 30.7 Å². The molecule has 3 aromatic heterocycles. The molecule has 0 aliphatic carbocycles. The first-order valence-electron chi connectivity index (χ1n) is 9.56. The zero-order valence-electron chi connectivity index (χ0n) is 17.4. The highest BCUT2D eigenvalue weighted by molar-refractivity contribution is 7.98. The van der Waals surface area contributed by atoms with Crippen molar-refractivity contribution >= 4 is 57.4 Å². The zero-order chi connectivity index (χ0) is 22.7. The molecule has 2 N–H and O–H groups in total.